The first-order valence-corrected chi connectivity index (χ1v) is 6.25. The van der Waals surface area contributed by atoms with E-state index in [-0.39, 0.29) is 12.1 Å². The molecule has 0 saturated carbocycles. The van der Waals surface area contributed by atoms with Crippen LogP contribution >= 0.6 is 0 Å². The standard InChI is InChI=1S/C12H18N4O2/c1-2-16(9-10-5-4-8-18-10)12(17)14-11-6-3-7-13-15-11/h3,6-7,10H,2,4-5,8-9H2,1H3,(H,14,15,17). The molecular weight excluding hydrogens is 232 g/mol. The Bertz CT molecular complexity index is 379. The van der Waals surface area contributed by atoms with E-state index >= 15 is 0 Å². The smallest absolute Gasteiger partial charge is 0.323 e. The first-order chi connectivity index (χ1) is 8.79. The highest BCUT2D eigenvalue weighted by Gasteiger charge is 2.21. The van der Waals surface area contributed by atoms with Gasteiger partial charge in [0.2, 0.25) is 0 Å². The Morgan fingerprint density at radius 2 is 2.56 bits per heavy atom. The van der Waals surface area contributed by atoms with Gasteiger partial charge in [0, 0.05) is 25.9 Å². The van der Waals surface area contributed by atoms with Crippen LogP contribution in [0.2, 0.25) is 0 Å². The van der Waals surface area contributed by atoms with Crippen molar-refractivity contribution in [2.24, 2.45) is 0 Å². The summed E-state index contributed by atoms with van der Waals surface area (Å²) in [4.78, 5) is 13.7. The lowest BCUT2D eigenvalue weighted by atomic mass is 10.2. The number of aromatic nitrogens is 2. The van der Waals surface area contributed by atoms with Gasteiger partial charge in [-0.25, -0.2) is 4.79 Å². The second kappa shape index (κ2) is 6.30. The van der Waals surface area contributed by atoms with E-state index in [1.165, 1.54) is 0 Å². The Labute approximate surface area is 106 Å². The van der Waals surface area contributed by atoms with Crippen molar-refractivity contribution in [2.45, 2.75) is 25.9 Å². The van der Waals surface area contributed by atoms with E-state index in [9.17, 15) is 4.79 Å². The monoisotopic (exact) mass is 250 g/mol. The molecule has 0 radical (unpaired) electrons. The van der Waals surface area contributed by atoms with Crippen LogP contribution in [0.3, 0.4) is 0 Å². The molecule has 98 valence electrons. The minimum absolute atomic E-state index is 0.159. The number of nitrogens with zero attached hydrogens (tertiary/aromatic N) is 3. The number of rotatable bonds is 4. The van der Waals surface area contributed by atoms with E-state index in [4.69, 9.17) is 4.74 Å². The summed E-state index contributed by atoms with van der Waals surface area (Å²) in [6.45, 7) is 4.02. The third-order valence-corrected chi connectivity index (χ3v) is 2.92. The number of amides is 2. The van der Waals surface area contributed by atoms with Gasteiger partial charge in [-0.05, 0) is 31.9 Å². The molecule has 6 heteroatoms. The van der Waals surface area contributed by atoms with Crippen molar-refractivity contribution in [3.05, 3.63) is 18.3 Å². The summed E-state index contributed by atoms with van der Waals surface area (Å²) >= 11 is 0. The van der Waals surface area contributed by atoms with E-state index in [0.717, 1.165) is 19.4 Å². The van der Waals surface area contributed by atoms with Crippen molar-refractivity contribution < 1.29 is 9.53 Å². The number of anilines is 1. The number of hydrogen-bond donors (Lipinski definition) is 1. The topological polar surface area (TPSA) is 67.3 Å². The summed E-state index contributed by atoms with van der Waals surface area (Å²) in [7, 11) is 0. The fourth-order valence-corrected chi connectivity index (χ4v) is 1.95. The summed E-state index contributed by atoms with van der Waals surface area (Å²) in [6, 6.07) is 3.29. The third-order valence-electron chi connectivity index (χ3n) is 2.92. The number of likely N-dealkylation sites (N-methyl/N-ethyl adjacent to an activating group) is 1. The zero-order chi connectivity index (χ0) is 12.8. The molecule has 0 spiro atoms. The highest BCUT2D eigenvalue weighted by Crippen LogP contribution is 2.13. The van der Waals surface area contributed by atoms with Crippen LogP contribution < -0.4 is 5.32 Å². The molecule has 1 atom stereocenters. The van der Waals surface area contributed by atoms with E-state index in [1.807, 2.05) is 6.92 Å². The van der Waals surface area contributed by atoms with Crippen molar-refractivity contribution in [1.82, 2.24) is 15.1 Å². The lowest BCUT2D eigenvalue weighted by molar-refractivity contribution is 0.0849. The zero-order valence-corrected chi connectivity index (χ0v) is 10.5. The van der Waals surface area contributed by atoms with Gasteiger partial charge in [-0.15, -0.1) is 5.10 Å². The molecule has 1 saturated heterocycles. The number of nitrogens with one attached hydrogen (secondary N) is 1. The van der Waals surface area contributed by atoms with Gasteiger partial charge in [0.15, 0.2) is 5.82 Å². The second-order valence-electron chi connectivity index (χ2n) is 4.21. The van der Waals surface area contributed by atoms with Gasteiger partial charge in [-0.1, -0.05) is 0 Å². The maximum Gasteiger partial charge on any atom is 0.323 e. The summed E-state index contributed by atoms with van der Waals surface area (Å²) < 4.78 is 5.54. The molecule has 1 aromatic heterocycles. The van der Waals surface area contributed by atoms with Crippen LogP contribution in [-0.2, 0) is 4.74 Å². The molecule has 1 unspecified atom stereocenters. The molecule has 1 aromatic rings. The summed E-state index contributed by atoms with van der Waals surface area (Å²) in [5.41, 5.74) is 0. The normalized spacial score (nSPS) is 18.6. The minimum atomic E-state index is -0.159. The molecule has 6 nitrogen and oxygen atoms in total. The lowest BCUT2D eigenvalue weighted by Crippen LogP contribution is -2.40. The van der Waals surface area contributed by atoms with Gasteiger partial charge < -0.3 is 9.64 Å². The van der Waals surface area contributed by atoms with Crippen molar-refractivity contribution in [3.8, 4) is 0 Å². The molecule has 0 bridgehead atoms. The largest absolute Gasteiger partial charge is 0.376 e. The maximum absolute atomic E-state index is 12.0. The Hall–Kier alpha value is -1.69. The van der Waals surface area contributed by atoms with Gasteiger partial charge in [0.05, 0.1) is 6.10 Å². The van der Waals surface area contributed by atoms with Crippen LogP contribution in [0.1, 0.15) is 19.8 Å². The fraction of sp³-hybridized carbons (Fsp3) is 0.583. The number of carbonyl (C=O) groups excluding carboxylic acids is 1. The number of ether oxygens (including phenoxy) is 1. The average molecular weight is 250 g/mol. The van der Waals surface area contributed by atoms with Gasteiger partial charge in [0.25, 0.3) is 0 Å². The Morgan fingerprint density at radius 1 is 1.67 bits per heavy atom. The van der Waals surface area contributed by atoms with Crippen LogP contribution in [0.4, 0.5) is 10.6 Å². The van der Waals surface area contributed by atoms with Crippen LogP contribution in [0.5, 0.6) is 0 Å². The first-order valence-electron chi connectivity index (χ1n) is 6.25. The van der Waals surface area contributed by atoms with Crippen molar-refractivity contribution in [1.29, 1.82) is 0 Å². The SMILES string of the molecule is CCN(CC1CCCO1)C(=O)Nc1cccnn1. The molecule has 0 aromatic carbocycles. The Morgan fingerprint density at radius 3 is 3.17 bits per heavy atom. The summed E-state index contributed by atoms with van der Waals surface area (Å²) in [6.07, 6.45) is 3.83. The highest BCUT2D eigenvalue weighted by atomic mass is 16.5. The van der Waals surface area contributed by atoms with Gasteiger partial charge in [-0.2, -0.15) is 5.10 Å². The predicted molar refractivity (Wildman–Crippen MR) is 67.3 cm³/mol. The van der Waals surface area contributed by atoms with Crippen LogP contribution in [0.25, 0.3) is 0 Å². The first kappa shape index (κ1) is 12.8. The van der Waals surface area contributed by atoms with E-state index in [1.54, 1.807) is 23.2 Å². The molecular formula is C12H18N4O2. The molecule has 2 heterocycles. The fourth-order valence-electron chi connectivity index (χ4n) is 1.95. The molecule has 2 amide bonds. The molecule has 1 fully saturated rings. The van der Waals surface area contributed by atoms with Gasteiger partial charge >= 0.3 is 6.03 Å². The van der Waals surface area contributed by atoms with E-state index in [2.05, 4.69) is 15.5 Å². The number of urea groups is 1. The number of hydrogen-bond acceptors (Lipinski definition) is 4. The number of carbonyl (C=O) groups is 1. The minimum Gasteiger partial charge on any atom is -0.376 e. The maximum atomic E-state index is 12.0. The van der Waals surface area contributed by atoms with Crippen LogP contribution in [0.15, 0.2) is 18.3 Å². The molecule has 1 aliphatic rings. The van der Waals surface area contributed by atoms with E-state index < -0.39 is 0 Å². The van der Waals surface area contributed by atoms with Gasteiger partial charge in [0.1, 0.15) is 0 Å². The zero-order valence-electron chi connectivity index (χ0n) is 10.5. The lowest BCUT2D eigenvalue weighted by Gasteiger charge is -2.23. The van der Waals surface area contributed by atoms with E-state index in [0.29, 0.717) is 18.9 Å². The van der Waals surface area contributed by atoms with Crippen molar-refractivity contribution >= 4 is 11.8 Å². The highest BCUT2D eigenvalue weighted by molar-refractivity contribution is 5.88. The summed E-state index contributed by atoms with van der Waals surface area (Å²) in [5, 5.41) is 10.3. The molecule has 1 N–H and O–H groups in total. The average Bonchev–Trinajstić information content (AvgIpc) is 2.90. The molecule has 1 aliphatic heterocycles. The summed E-state index contributed by atoms with van der Waals surface area (Å²) in [5.74, 6) is 0.466. The third kappa shape index (κ3) is 3.40. The quantitative estimate of drug-likeness (QED) is 0.879. The Kier molecular flexibility index (Phi) is 4.46. The van der Waals surface area contributed by atoms with Crippen LogP contribution in [0, 0.1) is 0 Å². The van der Waals surface area contributed by atoms with Gasteiger partial charge in [-0.3, -0.25) is 5.32 Å². The predicted octanol–water partition coefficient (Wildman–Crippen LogP) is 1.51. The van der Waals surface area contributed by atoms with Crippen molar-refractivity contribution in [3.63, 3.8) is 0 Å². The van der Waals surface area contributed by atoms with Crippen molar-refractivity contribution in [2.75, 3.05) is 25.0 Å². The molecule has 18 heavy (non-hydrogen) atoms. The molecule has 0 aliphatic carbocycles. The Balaban J connectivity index is 1.88. The second-order valence-corrected chi connectivity index (χ2v) is 4.21. The van der Waals surface area contributed by atoms with Crippen LogP contribution in [-0.4, -0.2) is 46.9 Å². The molecule has 2 rings (SSSR count).